The molecule has 3 atom stereocenters. The van der Waals surface area contributed by atoms with Gasteiger partial charge in [-0.2, -0.15) is 0 Å². The van der Waals surface area contributed by atoms with E-state index in [1.807, 2.05) is 19.1 Å². The molecule has 2 nitrogen and oxygen atoms in total. The first-order chi connectivity index (χ1) is 9.70. The fourth-order valence-electron chi connectivity index (χ4n) is 3.60. The second kappa shape index (κ2) is 4.03. The van der Waals surface area contributed by atoms with Crippen molar-refractivity contribution >= 4 is 5.78 Å². The van der Waals surface area contributed by atoms with Crippen LogP contribution in [0.3, 0.4) is 0 Å². The minimum atomic E-state index is -0.760. The van der Waals surface area contributed by atoms with Gasteiger partial charge in [-0.1, -0.05) is 48.6 Å². The molecule has 0 spiro atoms. The Labute approximate surface area is 118 Å². The Morgan fingerprint density at radius 1 is 1.20 bits per heavy atom. The molecule has 2 heteroatoms. The maximum Gasteiger partial charge on any atom is 0.191 e. The summed E-state index contributed by atoms with van der Waals surface area (Å²) in [4.78, 5) is 12.2. The van der Waals surface area contributed by atoms with Crippen molar-refractivity contribution in [2.45, 2.75) is 31.0 Å². The summed E-state index contributed by atoms with van der Waals surface area (Å²) in [5.74, 6) is 0.263. The molecule has 2 heterocycles. The minimum Gasteiger partial charge on any atom is -0.354 e. The zero-order chi connectivity index (χ0) is 13.7. The standard InChI is InChI=1S/C18H16O2/c1-18-14-9-5-8-13(14)17(12-6-3-2-4-7-12)15(20-18)10-11-16(18)19/h2-8,10-11,15,17H,9H2,1H3/t15-,17?,18-/m1/s1. The molecule has 3 aliphatic rings. The van der Waals surface area contributed by atoms with Crippen molar-refractivity contribution in [3.8, 4) is 0 Å². The van der Waals surface area contributed by atoms with Gasteiger partial charge in [0, 0.05) is 5.92 Å². The maximum atomic E-state index is 12.2. The van der Waals surface area contributed by atoms with Gasteiger partial charge < -0.3 is 4.74 Å². The largest absolute Gasteiger partial charge is 0.354 e. The molecule has 1 aliphatic carbocycles. The van der Waals surface area contributed by atoms with Crippen molar-refractivity contribution in [3.05, 3.63) is 71.3 Å². The molecule has 2 aliphatic heterocycles. The molecule has 0 amide bonds. The Morgan fingerprint density at radius 2 is 2.00 bits per heavy atom. The highest BCUT2D eigenvalue weighted by Crippen LogP contribution is 2.49. The number of hydrogen-bond acceptors (Lipinski definition) is 2. The zero-order valence-electron chi connectivity index (χ0n) is 11.4. The summed E-state index contributed by atoms with van der Waals surface area (Å²) in [6.45, 7) is 1.91. The molecule has 100 valence electrons. The van der Waals surface area contributed by atoms with E-state index in [4.69, 9.17) is 4.74 Å². The number of allylic oxidation sites excluding steroid dienone is 2. The van der Waals surface area contributed by atoms with E-state index >= 15 is 0 Å². The smallest absolute Gasteiger partial charge is 0.191 e. The molecule has 1 aromatic rings. The lowest BCUT2D eigenvalue weighted by Gasteiger charge is -2.44. The third-order valence-corrected chi connectivity index (χ3v) is 4.65. The molecule has 0 N–H and O–H groups in total. The quantitative estimate of drug-likeness (QED) is 0.777. The topological polar surface area (TPSA) is 26.3 Å². The van der Waals surface area contributed by atoms with Crippen molar-refractivity contribution in [1.82, 2.24) is 0 Å². The van der Waals surface area contributed by atoms with Crippen LogP contribution in [0.5, 0.6) is 0 Å². The number of fused-ring (bicyclic) bond motifs is 3. The van der Waals surface area contributed by atoms with Crippen LogP contribution < -0.4 is 0 Å². The van der Waals surface area contributed by atoms with E-state index in [9.17, 15) is 4.79 Å². The number of rotatable bonds is 1. The second-order valence-corrected chi connectivity index (χ2v) is 5.77. The van der Waals surface area contributed by atoms with E-state index in [1.165, 1.54) is 11.1 Å². The summed E-state index contributed by atoms with van der Waals surface area (Å²) in [6, 6.07) is 10.4. The fraction of sp³-hybridized carbons (Fsp3) is 0.278. The van der Waals surface area contributed by atoms with Crippen molar-refractivity contribution < 1.29 is 9.53 Å². The molecule has 2 bridgehead atoms. The van der Waals surface area contributed by atoms with Gasteiger partial charge in [-0.3, -0.25) is 4.79 Å². The van der Waals surface area contributed by atoms with Gasteiger partial charge in [-0.05, 0) is 36.1 Å². The van der Waals surface area contributed by atoms with Gasteiger partial charge in [0.25, 0.3) is 0 Å². The summed E-state index contributed by atoms with van der Waals surface area (Å²) in [5.41, 5.74) is 2.89. The van der Waals surface area contributed by atoms with Gasteiger partial charge >= 0.3 is 0 Å². The lowest BCUT2D eigenvalue weighted by molar-refractivity contribution is -0.142. The number of ketones is 1. The van der Waals surface area contributed by atoms with Crippen LogP contribution in [-0.4, -0.2) is 17.5 Å². The van der Waals surface area contributed by atoms with Crippen molar-refractivity contribution in [2.75, 3.05) is 0 Å². The predicted octanol–water partition coefficient (Wildman–Crippen LogP) is 3.32. The monoisotopic (exact) mass is 264 g/mol. The molecular formula is C18H16O2. The van der Waals surface area contributed by atoms with Crippen LogP contribution in [-0.2, 0) is 9.53 Å². The summed E-state index contributed by atoms with van der Waals surface area (Å²) in [5, 5.41) is 0. The molecule has 0 radical (unpaired) electrons. The van der Waals surface area contributed by atoms with Crippen molar-refractivity contribution in [2.24, 2.45) is 0 Å². The maximum absolute atomic E-state index is 12.2. The van der Waals surface area contributed by atoms with Gasteiger partial charge in [-0.15, -0.1) is 0 Å². The van der Waals surface area contributed by atoms with Gasteiger partial charge in [0.2, 0.25) is 0 Å². The third kappa shape index (κ3) is 1.46. The van der Waals surface area contributed by atoms with E-state index in [0.717, 1.165) is 12.0 Å². The van der Waals surface area contributed by atoms with Crippen LogP contribution in [0.4, 0.5) is 0 Å². The first kappa shape index (κ1) is 11.9. The average Bonchev–Trinajstić information content (AvgIpc) is 2.95. The number of carbonyl (C=O) groups is 1. The molecular weight excluding hydrogens is 248 g/mol. The van der Waals surface area contributed by atoms with Crippen LogP contribution in [0, 0.1) is 0 Å². The molecule has 1 aromatic carbocycles. The summed E-state index contributed by atoms with van der Waals surface area (Å²) >= 11 is 0. The molecule has 20 heavy (non-hydrogen) atoms. The Bertz CT molecular complexity index is 666. The summed E-state index contributed by atoms with van der Waals surface area (Å²) in [6.07, 6.45) is 8.70. The molecule has 0 fully saturated rings. The van der Waals surface area contributed by atoms with Gasteiger partial charge in [-0.25, -0.2) is 0 Å². The van der Waals surface area contributed by atoms with Gasteiger partial charge in [0.1, 0.15) is 0 Å². The van der Waals surface area contributed by atoms with Gasteiger partial charge in [0.15, 0.2) is 11.4 Å². The number of carbonyl (C=O) groups excluding carboxylic acids is 1. The molecule has 0 saturated heterocycles. The minimum absolute atomic E-state index is 0.0541. The van der Waals surface area contributed by atoms with E-state index < -0.39 is 5.60 Å². The normalized spacial score (nSPS) is 34.5. The Balaban J connectivity index is 1.91. The van der Waals surface area contributed by atoms with E-state index in [-0.39, 0.29) is 17.8 Å². The highest BCUT2D eigenvalue weighted by atomic mass is 16.5. The van der Waals surface area contributed by atoms with Crippen LogP contribution in [0.1, 0.15) is 24.8 Å². The van der Waals surface area contributed by atoms with Gasteiger partial charge in [0.05, 0.1) is 6.10 Å². The van der Waals surface area contributed by atoms with Crippen LogP contribution in [0.15, 0.2) is 65.8 Å². The lowest BCUT2D eigenvalue weighted by atomic mass is 9.73. The highest BCUT2D eigenvalue weighted by Gasteiger charge is 2.49. The van der Waals surface area contributed by atoms with Crippen LogP contribution in [0.2, 0.25) is 0 Å². The summed E-state index contributed by atoms with van der Waals surface area (Å²) in [7, 11) is 0. The number of benzene rings is 1. The predicted molar refractivity (Wildman–Crippen MR) is 77.4 cm³/mol. The Morgan fingerprint density at radius 3 is 2.80 bits per heavy atom. The summed E-state index contributed by atoms with van der Waals surface area (Å²) < 4.78 is 6.17. The Kier molecular flexibility index (Phi) is 2.39. The third-order valence-electron chi connectivity index (χ3n) is 4.65. The first-order valence-corrected chi connectivity index (χ1v) is 7.05. The van der Waals surface area contributed by atoms with Crippen LogP contribution in [0.25, 0.3) is 0 Å². The van der Waals surface area contributed by atoms with E-state index in [2.05, 4.69) is 36.4 Å². The van der Waals surface area contributed by atoms with E-state index in [0.29, 0.717) is 0 Å². The Hall–Kier alpha value is -1.93. The zero-order valence-corrected chi connectivity index (χ0v) is 11.4. The highest BCUT2D eigenvalue weighted by molar-refractivity contribution is 6.01. The average molecular weight is 264 g/mol. The van der Waals surface area contributed by atoms with E-state index in [1.54, 1.807) is 6.08 Å². The van der Waals surface area contributed by atoms with Crippen LogP contribution >= 0.6 is 0 Å². The molecule has 0 aromatic heterocycles. The molecule has 0 saturated carbocycles. The number of ether oxygens (including phenoxy) is 1. The first-order valence-electron chi connectivity index (χ1n) is 7.05. The number of hydrogen-bond donors (Lipinski definition) is 0. The SMILES string of the molecule is C[C@]12O[C@H](C=CC1=O)C(c1ccccc1)C1=C2CC=C1. The lowest BCUT2D eigenvalue weighted by Crippen LogP contribution is -2.50. The van der Waals surface area contributed by atoms with Crippen molar-refractivity contribution in [3.63, 3.8) is 0 Å². The fourth-order valence-corrected chi connectivity index (χ4v) is 3.60. The molecule has 1 unspecified atom stereocenters. The second-order valence-electron chi connectivity index (χ2n) is 5.77. The molecule has 4 rings (SSSR count). The van der Waals surface area contributed by atoms with Crippen molar-refractivity contribution in [1.29, 1.82) is 0 Å².